The molecule has 2 aromatic rings. The maximum Gasteiger partial charge on any atom is 0.241 e. The molecule has 1 aliphatic heterocycles. The zero-order chi connectivity index (χ0) is 19.3. The fraction of sp³-hybridized carbons (Fsp3) is 0.391. The summed E-state index contributed by atoms with van der Waals surface area (Å²) in [6.07, 6.45) is 5.25. The van der Waals surface area contributed by atoms with Gasteiger partial charge in [-0.1, -0.05) is 36.4 Å². The summed E-state index contributed by atoms with van der Waals surface area (Å²) in [5.41, 5.74) is 4.77. The van der Waals surface area contributed by atoms with Gasteiger partial charge in [-0.2, -0.15) is 0 Å². The summed E-state index contributed by atoms with van der Waals surface area (Å²) < 4.78 is 0. The SMILES string of the molecule is O=C(CCc1ccccc1)N[C@H]1CN[C@H](C(=O)Nc2ccc3c(c2)CCC3)C1. The number of nitrogens with one attached hydrogen (secondary N) is 3. The molecule has 0 unspecified atom stereocenters. The van der Waals surface area contributed by atoms with Crippen LogP contribution in [0.15, 0.2) is 48.5 Å². The molecule has 28 heavy (non-hydrogen) atoms. The molecule has 4 rings (SSSR count). The van der Waals surface area contributed by atoms with Gasteiger partial charge in [0, 0.05) is 24.7 Å². The van der Waals surface area contributed by atoms with Crippen molar-refractivity contribution in [1.82, 2.24) is 10.6 Å². The summed E-state index contributed by atoms with van der Waals surface area (Å²) in [7, 11) is 0. The highest BCUT2D eigenvalue weighted by Gasteiger charge is 2.30. The topological polar surface area (TPSA) is 70.2 Å². The lowest BCUT2D eigenvalue weighted by Crippen LogP contribution is -2.36. The molecule has 1 aliphatic carbocycles. The van der Waals surface area contributed by atoms with Crippen LogP contribution in [0.4, 0.5) is 5.69 Å². The monoisotopic (exact) mass is 377 g/mol. The molecule has 2 aliphatic rings. The summed E-state index contributed by atoms with van der Waals surface area (Å²) in [6.45, 7) is 0.624. The maximum absolute atomic E-state index is 12.6. The first-order valence-electron chi connectivity index (χ1n) is 10.2. The lowest BCUT2D eigenvalue weighted by atomic mass is 10.1. The number of anilines is 1. The van der Waals surface area contributed by atoms with Gasteiger partial charge in [0.05, 0.1) is 6.04 Å². The molecule has 2 amide bonds. The summed E-state index contributed by atoms with van der Waals surface area (Å²) in [4.78, 5) is 24.8. The van der Waals surface area contributed by atoms with E-state index >= 15 is 0 Å². The van der Waals surface area contributed by atoms with Gasteiger partial charge in [0.25, 0.3) is 0 Å². The number of amides is 2. The van der Waals surface area contributed by atoms with Gasteiger partial charge in [-0.25, -0.2) is 0 Å². The molecule has 1 heterocycles. The third kappa shape index (κ3) is 4.60. The Balaban J connectivity index is 1.23. The molecule has 146 valence electrons. The zero-order valence-electron chi connectivity index (χ0n) is 16.0. The first-order chi connectivity index (χ1) is 13.7. The number of carbonyl (C=O) groups is 2. The van der Waals surface area contributed by atoms with Crippen molar-refractivity contribution in [3.8, 4) is 0 Å². The summed E-state index contributed by atoms with van der Waals surface area (Å²) in [5, 5.41) is 9.30. The Morgan fingerprint density at radius 3 is 2.71 bits per heavy atom. The van der Waals surface area contributed by atoms with E-state index < -0.39 is 0 Å². The molecule has 5 nitrogen and oxygen atoms in total. The number of hydrogen-bond acceptors (Lipinski definition) is 3. The van der Waals surface area contributed by atoms with Gasteiger partial charge in [0.1, 0.15) is 0 Å². The third-order valence-electron chi connectivity index (χ3n) is 5.66. The van der Waals surface area contributed by atoms with Crippen LogP contribution in [0.1, 0.15) is 36.0 Å². The first kappa shape index (κ1) is 18.7. The second-order valence-electron chi connectivity index (χ2n) is 7.77. The second-order valence-corrected chi connectivity index (χ2v) is 7.77. The Labute approximate surface area is 165 Å². The minimum Gasteiger partial charge on any atom is -0.352 e. The van der Waals surface area contributed by atoms with Gasteiger partial charge in [-0.15, -0.1) is 0 Å². The molecule has 1 fully saturated rings. The third-order valence-corrected chi connectivity index (χ3v) is 5.66. The minimum absolute atomic E-state index is 0.000885. The highest BCUT2D eigenvalue weighted by molar-refractivity contribution is 5.95. The van der Waals surface area contributed by atoms with E-state index in [1.807, 2.05) is 36.4 Å². The van der Waals surface area contributed by atoms with E-state index in [0.29, 0.717) is 19.4 Å². The Hall–Kier alpha value is -2.66. The minimum atomic E-state index is -0.271. The van der Waals surface area contributed by atoms with Gasteiger partial charge in [-0.05, 0) is 60.9 Å². The molecule has 0 radical (unpaired) electrons. The van der Waals surface area contributed by atoms with Gasteiger partial charge in [0.2, 0.25) is 11.8 Å². The van der Waals surface area contributed by atoms with E-state index in [2.05, 4.69) is 28.1 Å². The quantitative estimate of drug-likeness (QED) is 0.725. The lowest BCUT2D eigenvalue weighted by molar-refractivity contribution is -0.122. The largest absolute Gasteiger partial charge is 0.352 e. The fourth-order valence-electron chi connectivity index (χ4n) is 4.13. The average Bonchev–Trinajstić information content (AvgIpc) is 3.36. The van der Waals surface area contributed by atoms with Crippen molar-refractivity contribution in [3.63, 3.8) is 0 Å². The van der Waals surface area contributed by atoms with Crippen LogP contribution in [0.5, 0.6) is 0 Å². The highest BCUT2D eigenvalue weighted by atomic mass is 16.2. The number of benzene rings is 2. The fourth-order valence-corrected chi connectivity index (χ4v) is 4.13. The Morgan fingerprint density at radius 1 is 1.04 bits per heavy atom. The van der Waals surface area contributed by atoms with Crippen LogP contribution in [-0.4, -0.2) is 30.4 Å². The van der Waals surface area contributed by atoms with E-state index in [1.54, 1.807) is 0 Å². The molecule has 1 saturated heterocycles. The molecular formula is C23H27N3O2. The second kappa shape index (κ2) is 8.57. The lowest BCUT2D eigenvalue weighted by Gasteiger charge is -2.13. The number of hydrogen-bond donors (Lipinski definition) is 3. The Morgan fingerprint density at radius 2 is 1.86 bits per heavy atom. The Bertz CT molecular complexity index is 850. The molecule has 0 saturated carbocycles. The van der Waals surface area contributed by atoms with E-state index in [4.69, 9.17) is 0 Å². The van der Waals surface area contributed by atoms with Crippen LogP contribution in [0.2, 0.25) is 0 Å². The van der Waals surface area contributed by atoms with Crippen LogP contribution in [0.25, 0.3) is 0 Å². The standard InChI is InChI=1S/C23H27N3O2/c27-22(12-9-16-5-2-1-3-6-16)25-20-14-21(24-15-20)23(28)26-19-11-10-17-7-4-8-18(17)13-19/h1-3,5-6,10-11,13,20-21,24H,4,7-9,12,14-15H2,(H,25,27)(H,26,28)/t20-,21+/m1/s1. The van der Waals surface area contributed by atoms with Crippen molar-refractivity contribution in [2.45, 2.75) is 50.6 Å². The molecule has 3 N–H and O–H groups in total. The maximum atomic E-state index is 12.6. The normalized spacial score (nSPS) is 20.6. The van der Waals surface area contributed by atoms with Gasteiger partial charge < -0.3 is 16.0 Å². The van der Waals surface area contributed by atoms with Crippen LogP contribution < -0.4 is 16.0 Å². The predicted molar refractivity (Wildman–Crippen MR) is 110 cm³/mol. The van der Waals surface area contributed by atoms with Gasteiger partial charge in [0.15, 0.2) is 0 Å². The number of carbonyl (C=O) groups excluding carboxylic acids is 2. The van der Waals surface area contributed by atoms with Crippen molar-refractivity contribution in [1.29, 1.82) is 0 Å². The van der Waals surface area contributed by atoms with E-state index in [0.717, 1.165) is 30.5 Å². The van der Waals surface area contributed by atoms with Crippen LogP contribution >= 0.6 is 0 Å². The van der Waals surface area contributed by atoms with E-state index in [9.17, 15) is 9.59 Å². The molecular weight excluding hydrogens is 350 g/mol. The van der Waals surface area contributed by atoms with Crippen LogP contribution in [0, 0.1) is 0 Å². The summed E-state index contributed by atoms with van der Waals surface area (Å²) in [6, 6.07) is 15.9. The van der Waals surface area contributed by atoms with Crippen molar-refractivity contribution in [2.75, 3.05) is 11.9 Å². The van der Waals surface area contributed by atoms with E-state index in [-0.39, 0.29) is 23.9 Å². The summed E-state index contributed by atoms with van der Waals surface area (Å²) in [5.74, 6) is 0.00862. The van der Waals surface area contributed by atoms with Crippen LogP contribution in [0.3, 0.4) is 0 Å². The molecule has 2 atom stereocenters. The van der Waals surface area contributed by atoms with Gasteiger partial charge >= 0.3 is 0 Å². The Kier molecular flexibility index (Phi) is 5.72. The average molecular weight is 377 g/mol. The number of rotatable bonds is 6. The molecule has 5 heteroatoms. The molecule has 0 spiro atoms. The number of aryl methyl sites for hydroxylation is 3. The first-order valence-corrected chi connectivity index (χ1v) is 10.2. The van der Waals surface area contributed by atoms with Crippen LogP contribution in [-0.2, 0) is 28.9 Å². The molecule has 0 bridgehead atoms. The van der Waals surface area contributed by atoms with Crippen molar-refractivity contribution in [2.24, 2.45) is 0 Å². The highest BCUT2D eigenvalue weighted by Crippen LogP contribution is 2.25. The smallest absolute Gasteiger partial charge is 0.241 e. The molecule has 0 aromatic heterocycles. The van der Waals surface area contributed by atoms with Gasteiger partial charge in [-0.3, -0.25) is 9.59 Å². The summed E-state index contributed by atoms with van der Waals surface area (Å²) >= 11 is 0. The predicted octanol–water partition coefficient (Wildman–Crippen LogP) is 2.59. The zero-order valence-corrected chi connectivity index (χ0v) is 16.0. The number of fused-ring (bicyclic) bond motifs is 1. The van der Waals surface area contributed by atoms with Crippen molar-refractivity contribution in [3.05, 3.63) is 65.2 Å². The van der Waals surface area contributed by atoms with E-state index in [1.165, 1.54) is 17.5 Å². The molecule has 2 aromatic carbocycles. The van der Waals surface area contributed by atoms with Crippen molar-refractivity contribution >= 4 is 17.5 Å². The van der Waals surface area contributed by atoms with Crippen molar-refractivity contribution < 1.29 is 9.59 Å².